The predicted octanol–water partition coefficient (Wildman–Crippen LogP) is 2.59. The van der Waals surface area contributed by atoms with E-state index < -0.39 is 6.04 Å². The van der Waals surface area contributed by atoms with Gasteiger partial charge in [0, 0.05) is 11.6 Å². The number of methoxy groups -OCH3 is 1. The first kappa shape index (κ1) is 13.7. The highest BCUT2D eigenvalue weighted by molar-refractivity contribution is 6.32. The summed E-state index contributed by atoms with van der Waals surface area (Å²) in [5.74, 6) is 0.834. The van der Waals surface area contributed by atoms with E-state index >= 15 is 0 Å². The number of benzene rings is 1. The summed E-state index contributed by atoms with van der Waals surface area (Å²) >= 11 is 6.24. The van der Waals surface area contributed by atoms with Gasteiger partial charge < -0.3 is 15.4 Å². The van der Waals surface area contributed by atoms with E-state index in [0.29, 0.717) is 16.3 Å². The molecule has 19 heavy (non-hydrogen) atoms. The second-order valence-corrected chi connectivity index (χ2v) is 4.99. The molecule has 0 aliphatic carbocycles. The third kappa shape index (κ3) is 2.26. The van der Waals surface area contributed by atoms with Gasteiger partial charge in [-0.05, 0) is 26.0 Å². The van der Waals surface area contributed by atoms with Gasteiger partial charge in [0.15, 0.2) is 0 Å². The molecule has 1 aliphatic heterocycles. The van der Waals surface area contributed by atoms with Crippen LogP contribution in [0, 0.1) is 0 Å². The molecule has 2 amide bonds. The van der Waals surface area contributed by atoms with Crippen LogP contribution in [0.15, 0.2) is 23.2 Å². The van der Waals surface area contributed by atoms with Gasteiger partial charge in [0.05, 0.1) is 12.1 Å². The summed E-state index contributed by atoms with van der Waals surface area (Å²) in [7, 11) is 1.55. The standard InChI is InChI=1S/C13H16ClN3O2/c1-7(2)17-11(12(15)16-13(17)18)10-8(14)5-4-6-9(10)19-3/h4-7,11H,1-3H3,(H2,15,16,18). The Kier molecular flexibility index (Phi) is 3.66. The molecule has 0 bridgehead atoms. The lowest BCUT2D eigenvalue weighted by atomic mass is 10.0. The topological polar surface area (TPSA) is 67.9 Å². The summed E-state index contributed by atoms with van der Waals surface area (Å²) in [6.07, 6.45) is 0. The van der Waals surface area contributed by atoms with E-state index in [-0.39, 0.29) is 17.9 Å². The molecule has 1 aromatic rings. The summed E-state index contributed by atoms with van der Waals surface area (Å²) in [6, 6.07) is 4.46. The zero-order chi connectivity index (χ0) is 14.2. The number of amides is 2. The minimum atomic E-state index is -0.476. The van der Waals surface area contributed by atoms with E-state index in [1.807, 2.05) is 13.8 Å². The molecule has 6 heteroatoms. The number of urea groups is 1. The fourth-order valence-electron chi connectivity index (χ4n) is 2.25. The van der Waals surface area contributed by atoms with Gasteiger partial charge >= 0.3 is 6.03 Å². The predicted molar refractivity (Wildman–Crippen MR) is 74.7 cm³/mol. The Morgan fingerprint density at radius 2 is 2.16 bits per heavy atom. The van der Waals surface area contributed by atoms with Crippen LogP contribution in [0.5, 0.6) is 5.75 Å². The Bertz CT molecular complexity index is 543. The van der Waals surface area contributed by atoms with Crippen molar-refractivity contribution < 1.29 is 9.53 Å². The first-order valence-electron chi connectivity index (χ1n) is 5.96. The lowest BCUT2D eigenvalue weighted by molar-refractivity contribution is 0.189. The number of amidine groups is 1. The minimum absolute atomic E-state index is 0.0386. The molecule has 1 atom stereocenters. The molecular weight excluding hydrogens is 266 g/mol. The van der Waals surface area contributed by atoms with Gasteiger partial charge in [0.25, 0.3) is 0 Å². The van der Waals surface area contributed by atoms with Crippen molar-refractivity contribution in [2.45, 2.75) is 25.9 Å². The van der Waals surface area contributed by atoms with Gasteiger partial charge in [0.2, 0.25) is 0 Å². The third-order valence-electron chi connectivity index (χ3n) is 3.07. The molecular formula is C13H16ClN3O2. The molecule has 102 valence electrons. The van der Waals surface area contributed by atoms with Crippen molar-refractivity contribution in [3.05, 3.63) is 28.8 Å². The molecule has 2 rings (SSSR count). The van der Waals surface area contributed by atoms with Crippen LogP contribution in [-0.2, 0) is 0 Å². The molecule has 1 heterocycles. The van der Waals surface area contributed by atoms with Crippen LogP contribution in [0.2, 0.25) is 5.02 Å². The van der Waals surface area contributed by atoms with E-state index in [9.17, 15) is 4.79 Å². The van der Waals surface area contributed by atoms with Crippen LogP contribution in [0.25, 0.3) is 0 Å². The highest BCUT2D eigenvalue weighted by Crippen LogP contribution is 2.38. The molecule has 1 unspecified atom stereocenters. The number of hydrogen-bond acceptors (Lipinski definition) is 3. The van der Waals surface area contributed by atoms with Crippen LogP contribution < -0.4 is 10.5 Å². The van der Waals surface area contributed by atoms with Gasteiger partial charge in [-0.15, -0.1) is 0 Å². The van der Waals surface area contributed by atoms with E-state index in [1.54, 1.807) is 30.2 Å². The lowest BCUT2D eigenvalue weighted by Gasteiger charge is -2.29. The number of nitrogens with zero attached hydrogens (tertiary/aromatic N) is 2. The number of nitrogens with two attached hydrogens (primary N) is 1. The Morgan fingerprint density at radius 1 is 1.47 bits per heavy atom. The summed E-state index contributed by atoms with van der Waals surface area (Å²) in [6.45, 7) is 3.81. The molecule has 0 saturated carbocycles. The third-order valence-corrected chi connectivity index (χ3v) is 3.40. The Hall–Kier alpha value is -1.75. The van der Waals surface area contributed by atoms with Crippen LogP contribution in [0.3, 0.4) is 0 Å². The maximum atomic E-state index is 11.9. The number of hydrogen-bond donors (Lipinski definition) is 1. The quantitative estimate of drug-likeness (QED) is 0.926. The molecule has 1 aliphatic rings. The normalized spacial score (nSPS) is 19.0. The number of ether oxygens (including phenoxy) is 1. The van der Waals surface area contributed by atoms with Crippen molar-refractivity contribution in [2.24, 2.45) is 10.7 Å². The molecule has 0 aromatic heterocycles. The number of halogens is 1. The van der Waals surface area contributed by atoms with Gasteiger partial charge in [-0.2, -0.15) is 4.99 Å². The first-order chi connectivity index (χ1) is 8.97. The van der Waals surface area contributed by atoms with Crippen LogP contribution >= 0.6 is 11.6 Å². The van der Waals surface area contributed by atoms with E-state index in [4.69, 9.17) is 22.1 Å². The lowest BCUT2D eigenvalue weighted by Crippen LogP contribution is -2.38. The van der Waals surface area contributed by atoms with Gasteiger partial charge in [-0.25, -0.2) is 4.79 Å². The van der Waals surface area contributed by atoms with E-state index in [2.05, 4.69) is 4.99 Å². The Morgan fingerprint density at radius 3 is 2.74 bits per heavy atom. The first-order valence-corrected chi connectivity index (χ1v) is 6.34. The highest BCUT2D eigenvalue weighted by atomic mass is 35.5. The number of carbonyl (C=O) groups excluding carboxylic acids is 1. The van der Waals surface area contributed by atoms with Crippen molar-refractivity contribution in [3.8, 4) is 5.75 Å². The number of carbonyl (C=O) groups is 1. The van der Waals surface area contributed by atoms with Crippen molar-refractivity contribution in [3.63, 3.8) is 0 Å². The van der Waals surface area contributed by atoms with E-state index in [0.717, 1.165) is 0 Å². The minimum Gasteiger partial charge on any atom is -0.496 e. The molecule has 0 spiro atoms. The average Bonchev–Trinajstić information content (AvgIpc) is 2.63. The van der Waals surface area contributed by atoms with Crippen LogP contribution in [0.4, 0.5) is 4.79 Å². The molecule has 2 N–H and O–H groups in total. The number of aliphatic imine (C=N–C) groups is 1. The van der Waals surface area contributed by atoms with E-state index in [1.165, 1.54) is 0 Å². The zero-order valence-electron chi connectivity index (χ0n) is 11.1. The molecule has 0 radical (unpaired) electrons. The maximum absolute atomic E-state index is 11.9. The molecule has 1 aromatic carbocycles. The summed E-state index contributed by atoms with van der Waals surface area (Å²) < 4.78 is 5.32. The van der Waals surface area contributed by atoms with Crippen molar-refractivity contribution in [1.82, 2.24) is 4.90 Å². The molecule has 0 fully saturated rings. The largest absolute Gasteiger partial charge is 0.496 e. The average molecular weight is 282 g/mol. The monoisotopic (exact) mass is 281 g/mol. The Labute approximate surface area is 117 Å². The second-order valence-electron chi connectivity index (χ2n) is 4.58. The SMILES string of the molecule is COc1cccc(Cl)c1C1C(N)=NC(=O)N1C(C)C. The second kappa shape index (κ2) is 5.09. The maximum Gasteiger partial charge on any atom is 0.346 e. The zero-order valence-corrected chi connectivity index (χ0v) is 11.8. The summed E-state index contributed by atoms with van der Waals surface area (Å²) in [4.78, 5) is 17.3. The fraction of sp³-hybridized carbons (Fsp3) is 0.385. The molecule has 0 saturated heterocycles. The van der Waals surface area contributed by atoms with Gasteiger partial charge in [0.1, 0.15) is 17.6 Å². The summed E-state index contributed by atoms with van der Waals surface area (Å²) in [5.41, 5.74) is 6.57. The summed E-state index contributed by atoms with van der Waals surface area (Å²) in [5, 5.41) is 0.503. The fourth-order valence-corrected chi connectivity index (χ4v) is 2.52. The number of rotatable bonds is 3. The highest BCUT2D eigenvalue weighted by Gasteiger charge is 2.38. The van der Waals surface area contributed by atoms with Crippen molar-refractivity contribution >= 4 is 23.5 Å². The van der Waals surface area contributed by atoms with Crippen LogP contribution in [0.1, 0.15) is 25.5 Å². The Balaban J connectivity index is 2.57. The van der Waals surface area contributed by atoms with Crippen molar-refractivity contribution in [2.75, 3.05) is 7.11 Å². The smallest absolute Gasteiger partial charge is 0.346 e. The van der Waals surface area contributed by atoms with Crippen LogP contribution in [-0.4, -0.2) is 29.9 Å². The van der Waals surface area contributed by atoms with Crippen molar-refractivity contribution in [1.29, 1.82) is 0 Å². The van der Waals surface area contributed by atoms with Gasteiger partial charge in [-0.1, -0.05) is 17.7 Å². The molecule has 5 nitrogen and oxygen atoms in total. The van der Waals surface area contributed by atoms with Gasteiger partial charge in [-0.3, -0.25) is 0 Å².